The highest BCUT2D eigenvalue weighted by molar-refractivity contribution is 5.95. The van der Waals surface area contributed by atoms with Crippen LogP contribution >= 0.6 is 0 Å². The first-order valence-corrected chi connectivity index (χ1v) is 19.2. The molecule has 6 amide bonds. The van der Waals surface area contributed by atoms with E-state index in [0.717, 1.165) is 17.5 Å². The van der Waals surface area contributed by atoms with E-state index in [-0.39, 0.29) is 36.4 Å². The van der Waals surface area contributed by atoms with Gasteiger partial charge in [0.15, 0.2) is 0 Å². The van der Waals surface area contributed by atoms with Gasteiger partial charge in [0.1, 0.15) is 18.1 Å². The maximum absolute atomic E-state index is 14.0. The molecular formula is C40H62N8O5. The lowest BCUT2D eigenvalue weighted by molar-refractivity contribution is -0.138. The Balaban J connectivity index is 1.71. The first kappa shape index (κ1) is 42.9. The van der Waals surface area contributed by atoms with Crippen molar-refractivity contribution < 1.29 is 24.0 Å². The molecule has 13 nitrogen and oxygen atoms in total. The van der Waals surface area contributed by atoms with Crippen LogP contribution in [0.4, 0.5) is 4.79 Å². The molecule has 1 saturated heterocycles. The fourth-order valence-electron chi connectivity index (χ4n) is 6.31. The van der Waals surface area contributed by atoms with Crippen LogP contribution in [0.1, 0.15) is 83.8 Å². The highest BCUT2D eigenvalue weighted by Crippen LogP contribution is 2.15. The Morgan fingerprint density at radius 2 is 1.28 bits per heavy atom. The van der Waals surface area contributed by atoms with Crippen molar-refractivity contribution in [1.82, 2.24) is 31.5 Å². The minimum Gasteiger partial charge on any atom is -0.343 e. The molecule has 9 N–H and O–H groups in total. The van der Waals surface area contributed by atoms with Gasteiger partial charge in [0.2, 0.25) is 23.6 Å². The zero-order valence-electron chi connectivity index (χ0n) is 31.9. The standard InChI is InChI=1S/C40H62N8O5/c1-5-28(4)43-40(53)44-31-19-22-48(23-20-31)39(52)33(18-12-13-21-41)45-37(50)34(24-27(2)3)47-38(51)35(26-30-16-10-7-11-17-30)46-36(49)32(42)25-29-14-8-6-9-15-29/h6-11,14-17,27-28,31-35H,5,12-13,18-26,41-42H2,1-4H3,(H,45,50)(H,46,49)(H,47,51)(H2,43,44,53)/t28?,32-,33?,34-,35?/m1/s1. The number of hydrogen-bond acceptors (Lipinski definition) is 7. The minimum absolute atomic E-state index is 0.0305. The van der Waals surface area contributed by atoms with Gasteiger partial charge >= 0.3 is 6.03 Å². The van der Waals surface area contributed by atoms with E-state index >= 15 is 0 Å². The Morgan fingerprint density at radius 1 is 0.736 bits per heavy atom. The quantitative estimate of drug-likeness (QED) is 0.101. The van der Waals surface area contributed by atoms with Gasteiger partial charge in [0.05, 0.1) is 6.04 Å². The maximum atomic E-state index is 14.0. The molecule has 0 spiro atoms. The molecule has 292 valence electrons. The number of nitrogens with one attached hydrogen (secondary N) is 5. The molecule has 53 heavy (non-hydrogen) atoms. The molecule has 13 heteroatoms. The second kappa shape index (κ2) is 22.5. The number of unbranched alkanes of at least 4 members (excludes halogenated alkanes) is 1. The molecular weight excluding hydrogens is 672 g/mol. The van der Waals surface area contributed by atoms with E-state index in [1.54, 1.807) is 4.90 Å². The molecule has 1 aliphatic rings. The maximum Gasteiger partial charge on any atom is 0.315 e. The summed E-state index contributed by atoms with van der Waals surface area (Å²) < 4.78 is 0. The third-order valence-electron chi connectivity index (χ3n) is 9.58. The lowest BCUT2D eigenvalue weighted by atomic mass is 9.99. The van der Waals surface area contributed by atoms with Crippen LogP contribution in [0.25, 0.3) is 0 Å². The molecule has 1 fully saturated rings. The SMILES string of the molecule is CCC(C)NC(=O)NC1CCN(C(=O)C(CCCCN)NC(=O)[C@@H](CC(C)C)NC(=O)C(Cc2ccccc2)NC(=O)[C@H](N)Cc2ccccc2)CC1. The number of benzene rings is 2. The third-order valence-corrected chi connectivity index (χ3v) is 9.58. The summed E-state index contributed by atoms with van der Waals surface area (Å²) in [6.07, 6.45) is 4.55. The Bertz CT molecular complexity index is 1440. The predicted octanol–water partition coefficient (Wildman–Crippen LogP) is 2.52. The van der Waals surface area contributed by atoms with Crippen molar-refractivity contribution in [2.24, 2.45) is 17.4 Å². The predicted molar refractivity (Wildman–Crippen MR) is 207 cm³/mol. The average molecular weight is 735 g/mol. The third kappa shape index (κ3) is 15.2. The number of carbonyl (C=O) groups excluding carboxylic acids is 5. The summed E-state index contributed by atoms with van der Waals surface area (Å²) >= 11 is 0. The Kier molecular flexibility index (Phi) is 18.3. The van der Waals surface area contributed by atoms with Crippen molar-refractivity contribution in [3.05, 3.63) is 71.8 Å². The van der Waals surface area contributed by atoms with E-state index in [2.05, 4.69) is 26.6 Å². The van der Waals surface area contributed by atoms with Gasteiger partial charge in [0, 0.05) is 31.6 Å². The topological polar surface area (TPSA) is 201 Å². The first-order chi connectivity index (χ1) is 25.4. The lowest BCUT2D eigenvalue weighted by Gasteiger charge is -2.35. The van der Waals surface area contributed by atoms with Crippen LogP contribution in [0.2, 0.25) is 0 Å². The Labute approximate surface area is 315 Å². The molecule has 2 aromatic carbocycles. The molecule has 2 aromatic rings. The van der Waals surface area contributed by atoms with Crippen molar-refractivity contribution in [2.75, 3.05) is 19.6 Å². The monoisotopic (exact) mass is 734 g/mol. The molecule has 3 rings (SSSR count). The van der Waals surface area contributed by atoms with E-state index in [0.29, 0.717) is 64.6 Å². The van der Waals surface area contributed by atoms with E-state index in [9.17, 15) is 24.0 Å². The van der Waals surface area contributed by atoms with Gasteiger partial charge in [-0.2, -0.15) is 0 Å². The van der Waals surface area contributed by atoms with Gasteiger partial charge in [-0.3, -0.25) is 19.2 Å². The number of likely N-dealkylation sites (tertiary alicyclic amines) is 1. The fraction of sp³-hybridized carbons (Fsp3) is 0.575. The summed E-state index contributed by atoms with van der Waals surface area (Å²) in [6.45, 7) is 9.19. The van der Waals surface area contributed by atoms with Crippen molar-refractivity contribution in [1.29, 1.82) is 0 Å². The smallest absolute Gasteiger partial charge is 0.315 e. The number of urea groups is 1. The van der Waals surface area contributed by atoms with Crippen LogP contribution in [0.15, 0.2) is 60.7 Å². The van der Waals surface area contributed by atoms with Gasteiger partial charge in [-0.05, 0) is 81.9 Å². The number of carbonyl (C=O) groups is 5. The number of nitrogens with zero attached hydrogens (tertiary/aromatic N) is 1. The first-order valence-electron chi connectivity index (χ1n) is 19.2. The Morgan fingerprint density at radius 3 is 1.85 bits per heavy atom. The highest BCUT2D eigenvalue weighted by Gasteiger charge is 2.33. The number of nitrogens with two attached hydrogens (primary N) is 2. The molecule has 0 aromatic heterocycles. The molecule has 0 saturated carbocycles. The van der Waals surface area contributed by atoms with E-state index in [1.165, 1.54) is 0 Å². The van der Waals surface area contributed by atoms with Crippen LogP contribution in [-0.2, 0) is 32.0 Å². The molecule has 1 heterocycles. The normalized spacial score (nSPS) is 16.1. The minimum atomic E-state index is -1.00. The van der Waals surface area contributed by atoms with Crippen LogP contribution < -0.4 is 38.1 Å². The highest BCUT2D eigenvalue weighted by atomic mass is 16.2. The summed E-state index contributed by atoms with van der Waals surface area (Å²) in [5.41, 5.74) is 13.8. The summed E-state index contributed by atoms with van der Waals surface area (Å²) in [4.78, 5) is 69.2. The number of hydrogen-bond donors (Lipinski definition) is 7. The summed E-state index contributed by atoms with van der Waals surface area (Å²) in [7, 11) is 0. The zero-order chi connectivity index (χ0) is 38.8. The zero-order valence-corrected chi connectivity index (χ0v) is 31.9. The lowest BCUT2D eigenvalue weighted by Crippen LogP contribution is -2.59. The summed E-state index contributed by atoms with van der Waals surface area (Å²) in [5.74, 6) is -1.64. The molecule has 5 atom stereocenters. The molecule has 0 bridgehead atoms. The fourth-order valence-corrected chi connectivity index (χ4v) is 6.31. The van der Waals surface area contributed by atoms with E-state index in [1.807, 2.05) is 88.4 Å². The van der Waals surface area contributed by atoms with Crippen molar-refractivity contribution in [3.8, 4) is 0 Å². The van der Waals surface area contributed by atoms with Gasteiger partial charge in [-0.15, -0.1) is 0 Å². The van der Waals surface area contributed by atoms with Gasteiger partial charge in [0.25, 0.3) is 0 Å². The molecule has 1 aliphatic heterocycles. The van der Waals surface area contributed by atoms with Crippen molar-refractivity contribution in [2.45, 2.75) is 122 Å². The van der Waals surface area contributed by atoms with Crippen LogP contribution in [-0.4, -0.2) is 90.4 Å². The average Bonchev–Trinajstić information content (AvgIpc) is 3.14. The van der Waals surface area contributed by atoms with E-state index in [4.69, 9.17) is 11.5 Å². The van der Waals surface area contributed by atoms with E-state index < -0.39 is 41.9 Å². The Hall–Kier alpha value is -4.49. The summed E-state index contributed by atoms with van der Waals surface area (Å²) in [5, 5.41) is 14.6. The largest absolute Gasteiger partial charge is 0.343 e. The molecule has 0 aliphatic carbocycles. The summed E-state index contributed by atoms with van der Waals surface area (Å²) in [6, 6.07) is 14.9. The molecule has 3 unspecified atom stereocenters. The second-order valence-electron chi connectivity index (χ2n) is 14.6. The molecule has 0 radical (unpaired) electrons. The van der Waals surface area contributed by atoms with Gasteiger partial charge in [-0.1, -0.05) is 81.4 Å². The van der Waals surface area contributed by atoms with Gasteiger partial charge in [-0.25, -0.2) is 4.79 Å². The number of amides is 6. The number of piperidine rings is 1. The van der Waals surface area contributed by atoms with Crippen molar-refractivity contribution >= 4 is 29.7 Å². The van der Waals surface area contributed by atoms with Crippen LogP contribution in [0, 0.1) is 5.92 Å². The van der Waals surface area contributed by atoms with Crippen LogP contribution in [0.5, 0.6) is 0 Å². The number of rotatable bonds is 20. The van der Waals surface area contributed by atoms with Gasteiger partial charge < -0.3 is 43.0 Å². The van der Waals surface area contributed by atoms with Crippen LogP contribution in [0.3, 0.4) is 0 Å². The second-order valence-corrected chi connectivity index (χ2v) is 14.6. The van der Waals surface area contributed by atoms with Crippen molar-refractivity contribution in [3.63, 3.8) is 0 Å².